The van der Waals surface area contributed by atoms with Crippen LogP contribution in [-0.4, -0.2) is 43.2 Å². The van der Waals surface area contributed by atoms with E-state index in [0.717, 1.165) is 5.56 Å². The third-order valence-electron chi connectivity index (χ3n) is 4.20. The number of carbonyl (C=O) groups is 1. The van der Waals surface area contributed by atoms with Crippen LogP contribution in [0.25, 0.3) is 6.08 Å². The normalized spacial score (nSPS) is 13.7. The Hall–Kier alpha value is -3.39. The van der Waals surface area contributed by atoms with Crippen molar-refractivity contribution < 1.29 is 19.2 Å². The standard InChI is InChI=1S/C20H21N3O5/c1-22(2)12-16(14-6-4-3-5-7-14)21-20(24)9-8-15-10-18-19(28-13-27-18)11-17(15)23(25)26/h3-11,16H,12-13H2,1-2H3,(H,21,24)/b9-8+/t16-/m0/s1. The first kappa shape index (κ1) is 19.4. The van der Waals surface area contributed by atoms with Crippen LogP contribution in [0.3, 0.4) is 0 Å². The summed E-state index contributed by atoms with van der Waals surface area (Å²) in [6.07, 6.45) is 2.70. The van der Waals surface area contributed by atoms with E-state index >= 15 is 0 Å². The summed E-state index contributed by atoms with van der Waals surface area (Å²) in [5.74, 6) is 0.395. The molecule has 0 aromatic heterocycles. The van der Waals surface area contributed by atoms with E-state index < -0.39 is 4.92 Å². The van der Waals surface area contributed by atoms with E-state index in [9.17, 15) is 14.9 Å². The second-order valence-electron chi connectivity index (χ2n) is 6.59. The number of likely N-dealkylation sites (N-methyl/N-ethyl adjacent to an activating group) is 1. The number of rotatable bonds is 7. The smallest absolute Gasteiger partial charge is 0.280 e. The Morgan fingerprint density at radius 2 is 1.93 bits per heavy atom. The van der Waals surface area contributed by atoms with Gasteiger partial charge in [0.1, 0.15) is 0 Å². The van der Waals surface area contributed by atoms with E-state index in [-0.39, 0.29) is 30.0 Å². The van der Waals surface area contributed by atoms with Gasteiger partial charge in [-0.2, -0.15) is 0 Å². The number of nitrogens with zero attached hydrogens (tertiary/aromatic N) is 2. The van der Waals surface area contributed by atoms with E-state index in [2.05, 4.69) is 5.32 Å². The first-order valence-corrected chi connectivity index (χ1v) is 8.70. The monoisotopic (exact) mass is 383 g/mol. The Kier molecular flexibility index (Phi) is 5.90. The van der Waals surface area contributed by atoms with Crippen molar-refractivity contribution in [3.8, 4) is 11.5 Å². The molecule has 1 heterocycles. The van der Waals surface area contributed by atoms with E-state index in [1.54, 1.807) is 0 Å². The predicted octanol–water partition coefficient (Wildman–Crippen LogP) is 2.76. The summed E-state index contributed by atoms with van der Waals surface area (Å²) in [7, 11) is 3.85. The Bertz CT molecular complexity index is 896. The highest BCUT2D eigenvalue weighted by Gasteiger charge is 2.22. The minimum Gasteiger partial charge on any atom is -0.454 e. The molecule has 0 saturated carbocycles. The quantitative estimate of drug-likeness (QED) is 0.449. The average Bonchev–Trinajstić information content (AvgIpc) is 3.12. The van der Waals surface area contributed by atoms with Crippen molar-refractivity contribution in [2.45, 2.75) is 6.04 Å². The second-order valence-corrected chi connectivity index (χ2v) is 6.59. The van der Waals surface area contributed by atoms with Gasteiger partial charge in [0.2, 0.25) is 12.7 Å². The number of fused-ring (bicyclic) bond motifs is 1. The van der Waals surface area contributed by atoms with Gasteiger partial charge in [0.05, 0.1) is 22.6 Å². The van der Waals surface area contributed by atoms with Crippen molar-refractivity contribution in [2.75, 3.05) is 27.4 Å². The van der Waals surface area contributed by atoms with Gasteiger partial charge in [-0.15, -0.1) is 0 Å². The maximum atomic E-state index is 12.5. The van der Waals surface area contributed by atoms with Gasteiger partial charge in [0.15, 0.2) is 11.5 Å². The van der Waals surface area contributed by atoms with Crippen LogP contribution in [0.1, 0.15) is 17.2 Å². The highest BCUT2D eigenvalue weighted by molar-refractivity contribution is 5.92. The molecule has 2 aromatic carbocycles. The zero-order valence-electron chi connectivity index (χ0n) is 15.6. The minimum absolute atomic E-state index is 0.0173. The third kappa shape index (κ3) is 4.66. The van der Waals surface area contributed by atoms with E-state index in [1.165, 1.54) is 24.3 Å². The Labute approximate surface area is 162 Å². The first-order chi connectivity index (χ1) is 13.4. The number of hydrogen-bond donors (Lipinski definition) is 1. The van der Waals surface area contributed by atoms with Crippen LogP contribution >= 0.6 is 0 Å². The zero-order chi connectivity index (χ0) is 20.1. The number of nitrogens with one attached hydrogen (secondary N) is 1. The fourth-order valence-electron chi connectivity index (χ4n) is 2.91. The van der Waals surface area contributed by atoms with Gasteiger partial charge in [-0.1, -0.05) is 30.3 Å². The molecule has 8 heteroatoms. The molecule has 1 N–H and O–H groups in total. The lowest BCUT2D eigenvalue weighted by Crippen LogP contribution is -2.34. The summed E-state index contributed by atoms with van der Waals surface area (Å²) in [5, 5.41) is 14.3. The van der Waals surface area contributed by atoms with Crippen molar-refractivity contribution in [2.24, 2.45) is 0 Å². The largest absolute Gasteiger partial charge is 0.454 e. The van der Waals surface area contributed by atoms with Gasteiger partial charge >= 0.3 is 0 Å². The molecule has 0 saturated heterocycles. The molecular formula is C20H21N3O5. The van der Waals surface area contributed by atoms with Gasteiger partial charge in [0.25, 0.3) is 5.69 Å². The fourth-order valence-corrected chi connectivity index (χ4v) is 2.91. The van der Waals surface area contributed by atoms with Crippen molar-refractivity contribution in [1.82, 2.24) is 10.2 Å². The maximum absolute atomic E-state index is 12.5. The van der Waals surface area contributed by atoms with Gasteiger partial charge < -0.3 is 19.7 Å². The zero-order valence-corrected chi connectivity index (χ0v) is 15.6. The molecule has 0 aliphatic carbocycles. The number of benzene rings is 2. The van der Waals surface area contributed by atoms with Crippen molar-refractivity contribution >= 4 is 17.7 Å². The molecule has 0 radical (unpaired) electrons. The summed E-state index contributed by atoms with van der Waals surface area (Å²) in [6.45, 7) is 0.636. The van der Waals surface area contributed by atoms with E-state index in [1.807, 2.05) is 49.3 Å². The topological polar surface area (TPSA) is 93.9 Å². The number of nitro benzene ring substituents is 1. The lowest BCUT2D eigenvalue weighted by Gasteiger charge is -2.22. The molecule has 1 aliphatic rings. The maximum Gasteiger partial charge on any atom is 0.280 e. The first-order valence-electron chi connectivity index (χ1n) is 8.70. The van der Waals surface area contributed by atoms with Crippen LogP contribution in [-0.2, 0) is 4.79 Å². The van der Waals surface area contributed by atoms with Crippen LogP contribution in [0, 0.1) is 10.1 Å². The molecule has 28 heavy (non-hydrogen) atoms. The summed E-state index contributed by atoms with van der Waals surface area (Å²) in [4.78, 5) is 25.2. The minimum atomic E-state index is -0.516. The fraction of sp³-hybridized carbons (Fsp3) is 0.250. The van der Waals surface area contributed by atoms with Gasteiger partial charge in [-0.25, -0.2) is 0 Å². The molecule has 0 unspecified atom stereocenters. The third-order valence-corrected chi connectivity index (χ3v) is 4.20. The average molecular weight is 383 g/mol. The Morgan fingerprint density at radius 3 is 2.57 bits per heavy atom. The number of nitro groups is 1. The molecule has 146 valence electrons. The number of ether oxygens (including phenoxy) is 2. The molecule has 0 bridgehead atoms. The summed E-state index contributed by atoms with van der Waals surface area (Å²) < 4.78 is 10.4. The van der Waals surface area contributed by atoms with E-state index in [0.29, 0.717) is 18.0 Å². The lowest BCUT2D eigenvalue weighted by molar-refractivity contribution is -0.385. The molecule has 3 rings (SSSR count). The number of carbonyl (C=O) groups excluding carboxylic acids is 1. The summed E-state index contributed by atoms with van der Waals surface area (Å²) in [6, 6.07) is 12.2. The molecule has 0 fully saturated rings. The van der Waals surface area contributed by atoms with E-state index in [4.69, 9.17) is 9.47 Å². The molecule has 1 aliphatic heterocycles. The number of hydrogen-bond acceptors (Lipinski definition) is 6. The van der Waals surface area contributed by atoms with Crippen molar-refractivity contribution in [1.29, 1.82) is 0 Å². The molecular weight excluding hydrogens is 362 g/mol. The molecule has 0 spiro atoms. The van der Waals surface area contributed by atoms with Crippen LogP contribution in [0.15, 0.2) is 48.5 Å². The molecule has 8 nitrogen and oxygen atoms in total. The predicted molar refractivity (Wildman–Crippen MR) is 104 cm³/mol. The molecule has 2 aromatic rings. The van der Waals surface area contributed by atoms with Crippen LogP contribution in [0.4, 0.5) is 5.69 Å². The Morgan fingerprint density at radius 1 is 1.25 bits per heavy atom. The van der Waals surface area contributed by atoms with Gasteiger partial charge in [-0.3, -0.25) is 14.9 Å². The van der Waals surface area contributed by atoms with Crippen molar-refractivity contribution in [3.05, 3.63) is 69.8 Å². The Balaban J connectivity index is 1.78. The second kappa shape index (κ2) is 8.53. The SMILES string of the molecule is CN(C)C[C@H](NC(=O)/C=C/c1cc2c(cc1[N+](=O)[O-])OCO2)c1ccccc1. The van der Waals surface area contributed by atoms with Crippen molar-refractivity contribution in [3.63, 3.8) is 0 Å². The van der Waals surface area contributed by atoms with Gasteiger partial charge in [-0.05, 0) is 31.8 Å². The molecule has 1 amide bonds. The number of amides is 1. The molecule has 1 atom stereocenters. The van der Waals surface area contributed by atoms with Crippen LogP contribution < -0.4 is 14.8 Å². The lowest BCUT2D eigenvalue weighted by atomic mass is 10.1. The highest BCUT2D eigenvalue weighted by atomic mass is 16.7. The van der Waals surface area contributed by atoms with Crippen LogP contribution in [0.2, 0.25) is 0 Å². The van der Waals surface area contributed by atoms with Crippen LogP contribution in [0.5, 0.6) is 11.5 Å². The highest BCUT2D eigenvalue weighted by Crippen LogP contribution is 2.38. The van der Waals surface area contributed by atoms with Gasteiger partial charge in [0, 0.05) is 12.6 Å². The summed E-state index contributed by atoms with van der Waals surface area (Å²) >= 11 is 0. The summed E-state index contributed by atoms with van der Waals surface area (Å²) in [5.41, 5.74) is 1.10.